The number of carbonyl (C=O) groups excluding carboxylic acids is 1. The van der Waals surface area contributed by atoms with Gasteiger partial charge in [-0.25, -0.2) is 14.8 Å². The maximum atomic E-state index is 12.0. The van der Waals surface area contributed by atoms with Crippen molar-refractivity contribution in [2.75, 3.05) is 31.1 Å². The predicted octanol–water partition coefficient (Wildman–Crippen LogP) is 2.75. The average Bonchev–Trinajstić information content (AvgIpc) is 2.45. The van der Waals surface area contributed by atoms with Gasteiger partial charge in [-0.15, -0.1) is 0 Å². The minimum atomic E-state index is -0.468. The SMILES string of the molecule is CCc1cc(N2CCN(C(=O)OC(C)(C)C)CC2)nc(Cl)n1. The Bertz CT molecular complexity index is 537. The van der Waals surface area contributed by atoms with Crippen LogP contribution in [0, 0.1) is 0 Å². The summed E-state index contributed by atoms with van der Waals surface area (Å²) in [7, 11) is 0. The number of ether oxygens (including phenoxy) is 1. The average molecular weight is 327 g/mol. The molecule has 0 bridgehead atoms. The van der Waals surface area contributed by atoms with Crippen molar-refractivity contribution >= 4 is 23.5 Å². The van der Waals surface area contributed by atoms with Gasteiger partial charge in [0.15, 0.2) is 0 Å². The second-order valence-corrected chi connectivity index (χ2v) is 6.63. The zero-order valence-electron chi connectivity index (χ0n) is 13.6. The summed E-state index contributed by atoms with van der Waals surface area (Å²) in [5.41, 5.74) is 0.453. The van der Waals surface area contributed by atoms with Crippen LogP contribution in [0.15, 0.2) is 6.07 Å². The number of aryl methyl sites for hydroxylation is 1. The van der Waals surface area contributed by atoms with Gasteiger partial charge in [-0.05, 0) is 38.8 Å². The lowest BCUT2D eigenvalue weighted by molar-refractivity contribution is 0.0240. The fraction of sp³-hybridized carbons (Fsp3) is 0.667. The quantitative estimate of drug-likeness (QED) is 0.782. The highest BCUT2D eigenvalue weighted by Gasteiger charge is 2.26. The molecule has 122 valence electrons. The van der Waals surface area contributed by atoms with Crippen LogP contribution in [0.4, 0.5) is 10.6 Å². The number of aromatic nitrogens is 2. The Morgan fingerprint density at radius 2 is 1.91 bits per heavy atom. The van der Waals surface area contributed by atoms with E-state index in [-0.39, 0.29) is 11.4 Å². The van der Waals surface area contributed by atoms with Crippen molar-refractivity contribution in [2.24, 2.45) is 0 Å². The van der Waals surface area contributed by atoms with Gasteiger partial charge in [0.25, 0.3) is 0 Å². The monoisotopic (exact) mass is 326 g/mol. The van der Waals surface area contributed by atoms with E-state index in [1.165, 1.54) is 0 Å². The molecule has 0 spiro atoms. The van der Waals surface area contributed by atoms with Crippen LogP contribution in [-0.2, 0) is 11.2 Å². The number of piperazine rings is 1. The summed E-state index contributed by atoms with van der Waals surface area (Å²) in [5.74, 6) is 0.820. The minimum Gasteiger partial charge on any atom is -0.444 e. The second kappa shape index (κ2) is 6.69. The number of halogens is 1. The first-order valence-electron chi connectivity index (χ1n) is 7.55. The Balaban J connectivity index is 1.97. The van der Waals surface area contributed by atoms with Gasteiger partial charge >= 0.3 is 6.09 Å². The molecule has 1 amide bonds. The molecule has 0 atom stereocenters. The summed E-state index contributed by atoms with van der Waals surface area (Å²) in [6, 6.07) is 1.95. The van der Waals surface area contributed by atoms with E-state index in [1.54, 1.807) is 4.90 Å². The highest BCUT2D eigenvalue weighted by molar-refractivity contribution is 6.28. The Morgan fingerprint density at radius 1 is 1.27 bits per heavy atom. The first-order valence-corrected chi connectivity index (χ1v) is 7.92. The van der Waals surface area contributed by atoms with E-state index in [9.17, 15) is 4.79 Å². The number of rotatable bonds is 2. The van der Waals surface area contributed by atoms with E-state index in [0.717, 1.165) is 17.9 Å². The molecular weight excluding hydrogens is 304 g/mol. The maximum absolute atomic E-state index is 12.0. The van der Waals surface area contributed by atoms with Gasteiger partial charge in [-0.2, -0.15) is 0 Å². The van der Waals surface area contributed by atoms with Crippen molar-refractivity contribution in [3.8, 4) is 0 Å². The molecule has 1 saturated heterocycles. The summed E-state index contributed by atoms with van der Waals surface area (Å²) < 4.78 is 5.40. The van der Waals surface area contributed by atoms with Crippen LogP contribution in [0.3, 0.4) is 0 Å². The summed E-state index contributed by atoms with van der Waals surface area (Å²) in [6.07, 6.45) is 0.551. The van der Waals surface area contributed by atoms with Crippen LogP contribution in [0.5, 0.6) is 0 Å². The molecule has 0 radical (unpaired) electrons. The van der Waals surface area contributed by atoms with E-state index >= 15 is 0 Å². The van der Waals surface area contributed by atoms with E-state index in [0.29, 0.717) is 26.2 Å². The van der Waals surface area contributed by atoms with Gasteiger partial charge in [0.2, 0.25) is 5.28 Å². The number of carbonyl (C=O) groups is 1. The lowest BCUT2D eigenvalue weighted by atomic mass is 10.2. The molecule has 6 nitrogen and oxygen atoms in total. The predicted molar refractivity (Wildman–Crippen MR) is 86.4 cm³/mol. The largest absolute Gasteiger partial charge is 0.444 e. The van der Waals surface area contributed by atoms with E-state index in [2.05, 4.69) is 14.9 Å². The molecule has 1 aromatic rings. The molecule has 1 aliphatic rings. The molecule has 0 aromatic carbocycles. The van der Waals surface area contributed by atoms with Gasteiger partial charge in [0.05, 0.1) is 0 Å². The van der Waals surface area contributed by atoms with Crippen molar-refractivity contribution in [1.29, 1.82) is 0 Å². The fourth-order valence-corrected chi connectivity index (χ4v) is 2.43. The van der Waals surface area contributed by atoms with Gasteiger partial charge in [-0.3, -0.25) is 0 Å². The van der Waals surface area contributed by atoms with Crippen molar-refractivity contribution in [2.45, 2.75) is 39.7 Å². The summed E-state index contributed by atoms with van der Waals surface area (Å²) >= 11 is 5.97. The third-order valence-corrected chi connectivity index (χ3v) is 3.53. The summed E-state index contributed by atoms with van der Waals surface area (Å²) in [5, 5.41) is 0.268. The highest BCUT2D eigenvalue weighted by Crippen LogP contribution is 2.18. The molecule has 1 fully saturated rings. The van der Waals surface area contributed by atoms with Crippen molar-refractivity contribution in [1.82, 2.24) is 14.9 Å². The van der Waals surface area contributed by atoms with Gasteiger partial charge in [0.1, 0.15) is 11.4 Å². The van der Waals surface area contributed by atoms with Crippen LogP contribution in [0.25, 0.3) is 0 Å². The smallest absolute Gasteiger partial charge is 0.410 e. The van der Waals surface area contributed by atoms with E-state index in [1.807, 2.05) is 33.8 Å². The Kier molecular flexibility index (Phi) is 5.11. The zero-order chi connectivity index (χ0) is 16.3. The van der Waals surface area contributed by atoms with E-state index < -0.39 is 5.60 Å². The number of hydrogen-bond acceptors (Lipinski definition) is 5. The molecule has 22 heavy (non-hydrogen) atoms. The normalized spacial score (nSPS) is 15.9. The molecule has 2 heterocycles. The van der Waals surface area contributed by atoms with Crippen LogP contribution in [-0.4, -0.2) is 52.7 Å². The minimum absolute atomic E-state index is 0.262. The summed E-state index contributed by atoms with van der Waals surface area (Å²) in [4.78, 5) is 24.4. The molecule has 0 saturated carbocycles. The summed E-state index contributed by atoms with van der Waals surface area (Å²) in [6.45, 7) is 10.3. The Hall–Kier alpha value is -1.56. The van der Waals surface area contributed by atoms with Gasteiger partial charge < -0.3 is 14.5 Å². The van der Waals surface area contributed by atoms with Crippen LogP contribution in [0.1, 0.15) is 33.4 Å². The standard InChI is InChI=1S/C15H23ClN4O2/c1-5-11-10-12(18-13(16)17-11)19-6-8-20(9-7-19)14(21)22-15(2,3)4/h10H,5-9H2,1-4H3. The number of anilines is 1. The molecule has 2 rings (SSSR count). The molecule has 0 unspecified atom stereocenters. The third kappa shape index (κ3) is 4.47. The number of nitrogens with zero attached hydrogens (tertiary/aromatic N) is 4. The molecule has 1 aromatic heterocycles. The van der Waals surface area contributed by atoms with Gasteiger partial charge in [-0.1, -0.05) is 6.92 Å². The Morgan fingerprint density at radius 3 is 2.45 bits per heavy atom. The molecule has 0 aliphatic carbocycles. The van der Waals surface area contributed by atoms with Crippen molar-refractivity contribution in [3.05, 3.63) is 17.0 Å². The molecule has 1 aliphatic heterocycles. The third-order valence-electron chi connectivity index (χ3n) is 3.36. The fourth-order valence-electron chi connectivity index (χ4n) is 2.24. The lowest BCUT2D eigenvalue weighted by Gasteiger charge is -2.36. The molecule has 7 heteroatoms. The van der Waals surface area contributed by atoms with E-state index in [4.69, 9.17) is 16.3 Å². The van der Waals surface area contributed by atoms with Crippen molar-refractivity contribution < 1.29 is 9.53 Å². The maximum Gasteiger partial charge on any atom is 0.410 e. The number of hydrogen-bond donors (Lipinski definition) is 0. The topological polar surface area (TPSA) is 58.6 Å². The van der Waals surface area contributed by atoms with Crippen LogP contribution >= 0.6 is 11.6 Å². The number of amides is 1. The first-order chi connectivity index (χ1) is 10.3. The van der Waals surface area contributed by atoms with Crippen molar-refractivity contribution in [3.63, 3.8) is 0 Å². The van der Waals surface area contributed by atoms with Crippen LogP contribution in [0.2, 0.25) is 5.28 Å². The molecule has 0 N–H and O–H groups in total. The van der Waals surface area contributed by atoms with Crippen LogP contribution < -0.4 is 4.90 Å². The van der Waals surface area contributed by atoms with Gasteiger partial charge in [0, 0.05) is 37.9 Å². The first kappa shape index (κ1) is 16.8. The zero-order valence-corrected chi connectivity index (χ0v) is 14.4. The highest BCUT2D eigenvalue weighted by atomic mass is 35.5. The lowest BCUT2D eigenvalue weighted by Crippen LogP contribution is -2.50. The Labute approximate surface area is 136 Å². The second-order valence-electron chi connectivity index (χ2n) is 6.29. The molecular formula is C15H23ClN4O2.